The van der Waals surface area contributed by atoms with Crippen LogP contribution >= 0.6 is 11.3 Å². The fraction of sp³-hybridized carbons (Fsp3) is 0.105. The molecular weight excluding hydrogens is 316 g/mol. The van der Waals surface area contributed by atoms with E-state index in [-0.39, 0.29) is 0 Å². The highest BCUT2D eigenvalue weighted by Crippen LogP contribution is 2.35. The van der Waals surface area contributed by atoms with E-state index < -0.39 is 0 Å². The summed E-state index contributed by atoms with van der Waals surface area (Å²) in [6.07, 6.45) is 1.97. The lowest BCUT2D eigenvalue weighted by Gasteiger charge is -2.03. The van der Waals surface area contributed by atoms with Crippen LogP contribution in [0.4, 0.5) is 11.5 Å². The molecule has 0 bridgehead atoms. The van der Waals surface area contributed by atoms with Crippen molar-refractivity contribution in [1.82, 2.24) is 9.38 Å². The number of hydrogen-bond acceptors (Lipinski definition) is 4. The van der Waals surface area contributed by atoms with Crippen LogP contribution in [-0.2, 0) is 0 Å². The average molecular weight is 332 g/mol. The van der Waals surface area contributed by atoms with Gasteiger partial charge in [0, 0.05) is 6.20 Å². The predicted octanol–water partition coefficient (Wildman–Crippen LogP) is 6.10. The molecule has 3 heterocycles. The lowest BCUT2D eigenvalue weighted by Crippen LogP contribution is -1.82. The third-order valence-electron chi connectivity index (χ3n) is 3.94. The van der Waals surface area contributed by atoms with Crippen LogP contribution in [0.25, 0.3) is 16.2 Å². The monoisotopic (exact) mass is 332 g/mol. The number of benzene rings is 1. The summed E-state index contributed by atoms with van der Waals surface area (Å²) < 4.78 is 1.98. The Balaban J connectivity index is 1.90. The summed E-state index contributed by atoms with van der Waals surface area (Å²) in [5.41, 5.74) is 4.89. The molecule has 0 amide bonds. The second-order valence-corrected chi connectivity index (χ2v) is 6.58. The minimum Gasteiger partial charge on any atom is -0.283 e. The minimum atomic E-state index is 0.760. The van der Waals surface area contributed by atoms with Crippen molar-refractivity contribution in [2.24, 2.45) is 10.2 Å². The Kier molecular flexibility index (Phi) is 3.70. The molecule has 0 fully saturated rings. The van der Waals surface area contributed by atoms with Gasteiger partial charge < -0.3 is 0 Å². The van der Waals surface area contributed by atoms with Gasteiger partial charge in [-0.25, -0.2) is 4.98 Å². The Morgan fingerprint density at radius 1 is 0.917 bits per heavy atom. The minimum absolute atomic E-state index is 0.760. The molecule has 0 unspecified atom stereocenters. The first-order valence-corrected chi connectivity index (χ1v) is 8.61. The first-order chi connectivity index (χ1) is 11.7. The number of hydrogen-bond donors (Lipinski definition) is 0. The summed E-state index contributed by atoms with van der Waals surface area (Å²) in [6, 6.07) is 16.2. The van der Waals surface area contributed by atoms with E-state index in [1.807, 2.05) is 46.3 Å². The maximum absolute atomic E-state index is 4.73. The largest absolute Gasteiger partial charge is 0.283 e. The van der Waals surface area contributed by atoms with Crippen LogP contribution < -0.4 is 0 Å². The van der Waals surface area contributed by atoms with Crippen molar-refractivity contribution in [3.8, 4) is 10.6 Å². The molecule has 0 atom stereocenters. The molecule has 4 rings (SSSR count). The molecule has 3 aromatic heterocycles. The zero-order valence-electron chi connectivity index (χ0n) is 13.5. The van der Waals surface area contributed by atoms with Gasteiger partial charge in [0.2, 0.25) is 0 Å². The molecule has 0 aliphatic heterocycles. The number of pyridine rings is 1. The number of fused-ring (bicyclic) bond motifs is 1. The van der Waals surface area contributed by atoms with Crippen LogP contribution in [0.2, 0.25) is 0 Å². The van der Waals surface area contributed by atoms with Crippen LogP contribution in [0, 0.1) is 13.8 Å². The van der Waals surface area contributed by atoms with Crippen molar-refractivity contribution in [1.29, 1.82) is 0 Å². The number of thiophene rings is 1. The van der Waals surface area contributed by atoms with Crippen molar-refractivity contribution in [3.05, 3.63) is 71.2 Å². The molecule has 1 aromatic carbocycles. The Labute approximate surface area is 144 Å². The van der Waals surface area contributed by atoms with E-state index >= 15 is 0 Å². The Morgan fingerprint density at radius 2 is 1.75 bits per heavy atom. The summed E-state index contributed by atoms with van der Waals surface area (Å²) >= 11 is 1.66. The van der Waals surface area contributed by atoms with Crippen LogP contribution in [0.15, 0.2) is 70.3 Å². The zero-order chi connectivity index (χ0) is 16.5. The SMILES string of the molecule is Cc1cccc(C)c1N=Nc1c(-c2cccs2)nc2ccccn12. The van der Waals surface area contributed by atoms with E-state index in [2.05, 4.69) is 42.3 Å². The second-order valence-electron chi connectivity index (χ2n) is 5.63. The first-order valence-electron chi connectivity index (χ1n) is 7.73. The molecule has 0 saturated heterocycles. The normalized spacial score (nSPS) is 11.6. The smallest absolute Gasteiger partial charge is 0.188 e. The maximum Gasteiger partial charge on any atom is 0.188 e. The van der Waals surface area contributed by atoms with E-state index in [9.17, 15) is 0 Å². The van der Waals surface area contributed by atoms with Gasteiger partial charge >= 0.3 is 0 Å². The number of rotatable bonds is 3. The molecule has 0 N–H and O–H groups in total. The van der Waals surface area contributed by atoms with Gasteiger partial charge in [-0.2, -0.15) is 0 Å². The molecule has 0 aliphatic carbocycles. The molecule has 0 spiro atoms. The van der Waals surface area contributed by atoms with Gasteiger partial charge in [0.05, 0.1) is 10.6 Å². The molecule has 0 aliphatic rings. The van der Waals surface area contributed by atoms with Crippen LogP contribution in [0.1, 0.15) is 11.1 Å². The Bertz CT molecular complexity index is 1010. The lowest BCUT2D eigenvalue weighted by atomic mass is 10.1. The fourth-order valence-corrected chi connectivity index (χ4v) is 3.43. The molecular formula is C19H16N4S. The number of aryl methyl sites for hydroxylation is 2. The molecule has 5 heteroatoms. The van der Waals surface area contributed by atoms with Gasteiger partial charge in [0.15, 0.2) is 5.82 Å². The van der Waals surface area contributed by atoms with Crippen LogP contribution in [0.5, 0.6) is 0 Å². The van der Waals surface area contributed by atoms with E-state index in [0.29, 0.717) is 0 Å². The van der Waals surface area contributed by atoms with Gasteiger partial charge in [0.1, 0.15) is 11.3 Å². The molecule has 24 heavy (non-hydrogen) atoms. The van der Waals surface area contributed by atoms with Crippen molar-refractivity contribution in [2.45, 2.75) is 13.8 Å². The maximum atomic E-state index is 4.73. The van der Waals surface area contributed by atoms with Crippen molar-refractivity contribution in [2.75, 3.05) is 0 Å². The van der Waals surface area contributed by atoms with Crippen molar-refractivity contribution < 1.29 is 0 Å². The third-order valence-corrected chi connectivity index (χ3v) is 4.82. The van der Waals surface area contributed by atoms with Gasteiger partial charge in [-0.15, -0.1) is 21.6 Å². The number of nitrogens with zero attached hydrogens (tertiary/aromatic N) is 4. The topological polar surface area (TPSA) is 42.0 Å². The number of azo groups is 1. The summed E-state index contributed by atoms with van der Waals surface area (Å²) in [7, 11) is 0. The van der Waals surface area contributed by atoms with Crippen molar-refractivity contribution in [3.63, 3.8) is 0 Å². The molecule has 4 aromatic rings. The van der Waals surface area contributed by atoms with E-state index in [1.165, 1.54) is 0 Å². The quantitative estimate of drug-likeness (QED) is 0.418. The summed E-state index contributed by atoms with van der Waals surface area (Å²) in [4.78, 5) is 5.82. The highest BCUT2D eigenvalue weighted by atomic mass is 32.1. The molecule has 118 valence electrons. The second kappa shape index (κ2) is 6.02. The summed E-state index contributed by atoms with van der Waals surface area (Å²) in [5.74, 6) is 0.760. The highest BCUT2D eigenvalue weighted by molar-refractivity contribution is 7.13. The van der Waals surface area contributed by atoms with Crippen LogP contribution in [0.3, 0.4) is 0 Å². The fourth-order valence-electron chi connectivity index (χ4n) is 2.72. The van der Waals surface area contributed by atoms with E-state index in [0.717, 1.165) is 38.9 Å². The number of aromatic nitrogens is 2. The lowest BCUT2D eigenvalue weighted by molar-refractivity contribution is 1.10. The predicted molar refractivity (Wildman–Crippen MR) is 98.6 cm³/mol. The van der Waals surface area contributed by atoms with E-state index in [1.54, 1.807) is 11.3 Å². The first kappa shape index (κ1) is 14.8. The molecule has 0 saturated carbocycles. The zero-order valence-corrected chi connectivity index (χ0v) is 14.3. The molecule has 4 nitrogen and oxygen atoms in total. The number of imidazole rings is 1. The van der Waals surface area contributed by atoms with Gasteiger partial charge in [-0.05, 0) is 48.6 Å². The molecule has 0 radical (unpaired) electrons. The van der Waals surface area contributed by atoms with Gasteiger partial charge in [0.25, 0.3) is 0 Å². The van der Waals surface area contributed by atoms with Gasteiger partial charge in [-0.3, -0.25) is 4.40 Å². The van der Waals surface area contributed by atoms with Crippen molar-refractivity contribution >= 4 is 28.5 Å². The standard InChI is InChI=1S/C19H16N4S/c1-13-7-5-8-14(2)17(13)21-22-19-18(15-9-6-12-24-15)20-16-10-3-4-11-23(16)19/h3-12H,1-2H3. The summed E-state index contributed by atoms with van der Waals surface area (Å²) in [5, 5.41) is 11.2. The third kappa shape index (κ3) is 2.53. The Morgan fingerprint density at radius 3 is 2.50 bits per heavy atom. The summed E-state index contributed by atoms with van der Waals surface area (Å²) in [6.45, 7) is 4.10. The average Bonchev–Trinajstić information content (AvgIpc) is 3.22. The van der Waals surface area contributed by atoms with Gasteiger partial charge in [-0.1, -0.05) is 30.3 Å². The van der Waals surface area contributed by atoms with E-state index in [4.69, 9.17) is 4.98 Å². The van der Waals surface area contributed by atoms with Crippen LogP contribution in [-0.4, -0.2) is 9.38 Å². The highest BCUT2D eigenvalue weighted by Gasteiger charge is 2.14. The Hall–Kier alpha value is -2.79.